The van der Waals surface area contributed by atoms with Crippen LogP contribution in [-0.2, 0) is 9.53 Å². The second-order valence-electron chi connectivity index (χ2n) is 3.41. The van der Waals surface area contributed by atoms with E-state index in [4.69, 9.17) is 4.74 Å². The highest BCUT2D eigenvalue weighted by Gasteiger charge is 2.38. The molecule has 1 atom stereocenters. The molecule has 3 nitrogen and oxygen atoms in total. The molecule has 1 rings (SSSR count). The summed E-state index contributed by atoms with van der Waals surface area (Å²) in [6.07, 6.45) is 1.85. The zero-order valence-corrected chi connectivity index (χ0v) is 8.55. The number of hydrogen-bond acceptors (Lipinski definition) is 3. The highest BCUT2D eigenvalue weighted by molar-refractivity contribution is 6.09. The minimum absolute atomic E-state index is 0.215. The Morgan fingerprint density at radius 3 is 2.62 bits per heavy atom. The third-order valence-electron chi connectivity index (χ3n) is 2.29. The van der Waals surface area contributed by atoms with Gasteiger partial charge in [0.15, 0.2) is 0 Å². The first-order valence-corrected chi connectivity index (χ1v) is 4.43. The summed E-state index contributed by atoms with van der Waals surface area (Å²) in [6, 6.07) is 0. The molecule has 0 spiro atoms. The lowest BCUT2D eigenvalue weighted by Crippen LogP contribution is -2.32. The Kier molecular flexibility index (Phi) is 2.55. The second kappa shape index (κ2) is 3.32. The number of carbonyl (C=O) groups is 1. The molecule has 1 heterocycles. The summed E-state index contributed by atoms with van der Waals surface area (Å²) in [7, 11) is 0. The smallest absolute Gasteiger partial charge is 0.321 e. The van der Waals surface area contributed by atoms with Crippen molar-refractivity contribution in [3.8, 4) is 0 Å². The Morgan fingerprint density at radius 1 is 1.62 bits per heavy atom. The molecule has 0 saturated heterocycles. The highest BCUT2D eigenvalue weighted by Crippen LogP contribution is 2.30. The van der Waals surface area contributed by atoms with Crippen molar-refractivity contribution in [1.29, 1.82) is 0 Å². The van der Waals surface area contributed by atoms with E-state index in [9.17, 15) is 4.79 Å². The molecule has 0 radical (unpaired) electrons. The van der Waals surface area contributed by atoms with Gasteiger partial charge in [0.05, 0.1) is 6.61 Å². The number of allylic oxidation sites excluding steroid dienone is 1. The molecule has 0 aliphatic carbocycles. The third-order valence-corrected chi connectivity index (χ3v) is 2.29. The van der Waals surface area contributed by atoms with E-state index in [0.717, 1.165) is 11.4 Å². The van der Waals surface area contributed by atoms with Crippen molar-refractivity contribution in [1.82, 2.24) is 0 Å². The van der Waals surface area contributed by atoms with Crippen LogP contribution in [0.25, 0.3) is 0 Å². The summed E-state index contributed by atoms with van der Waals surface area (Å²) in [5.74, 6) is -0.215. The predicted molar refractivity (Wildman–Crippen MR) is 51.6 cm³/mol. The van der Waals surface area contributed by atoms with Crippen LogP contribution in [-0.4, -0.2) is 18.3 Å². The number of ether oxygens (including phenoxy) is 1. The minimum atomic E-state index is -0.639. The number of nitrogens with zero attached hydrogens (tertiary/aromatic N) is 1. The van der Waals surface area contributed by atoms with Gasteiger partial charge in [-0.15, -0.1) is 0 Å². The number of carbonyl (C=O) groups excluding carboxylic acids is 1. The summed E-state index contributed by atoms with van der Waals surface area (Å²) in [5.41, 5.74) is 1.05. The van der Waals surface area contributed by atoms with Crippen LogP contribution in [0.1, 0.15) is 27.7 Å². The zero-order valence-electron chi connectivity index (χ0n) is 8.55. The maximum atomic E-state index is 11.6. The van der Waals surface area contributed by atoms with E-state index in [-0.39, 0.29) is 5.97 Å². The molecule has 0 bridgehead atoms. The van der Waals surface area contributed by atoms with Crippen molar-refractivity contribution in [2.24, 2.45) is 10.4 Å². The van der Waals surface area contributed by atoms with Crippen LogP contribution in [0.15, 0.2) is 16.8 Å². The molecule has 0 saturated carbocycles. The first-order chi connectivity index (χ1) is 6.00. The lowest BCUT2D eigenvalue weighted by molar-refractivity contribution is -0.148. The molecule has 13 heavy (non-hydrogen) atoms. The van der Waals surface area contributed by atoms with Gasteiger partial charge in [-0.25, -0.2) is 0 Å². The molecular formula is C10H15NO2. The molecule has 0 aromatic rings. The largest absolute Gasteiger partial charge is 0.465 e. The fraction of sp³-hybridized carbons (Fsp3) is 0.600. The van der Waals surface area contributed by atoms with E-state index in [2.05, 4.69) is 4.99 Å². The first kappa shape index (κ1) is 9.96. The molecule has 0 N–H and O–H groups in total. The molecule has 3 heteroatoms. The third kappa shape index (κ3) is 1.64. The van der Waals surface area contributed by atoms with Crippen LogP contribution >= 0.6 is 0 Å². The van der Waals surface area contributed by atoms with Crippen LogP contribution in [0.4, 0.5) is 0 Å². The number of esters is 1. The normalized spacial score (nSPS) is 26.8. The summed E-state index contributed by atoms with van der Waals surface area (Å²) in [6.45, 7) is 7.78. The first-order valence-electron chi connectivity index (χ1n) is 4.43. The lowest BCUT2D eigenvalue weighted by Gasteiger charge is -2.19. The Hall–Kier alpha value is -1.12. The Labute approximate surface area is 78.5 Å². The van der Waals surface area contributed by atoms with Gasteiger partial charge >= 0.3 is 5.97 Å². The Bertz CT molecular complexity index is 291. The van der Waals surface area contributed by atoms with E-state index in [0.29, 0.717) is 6.61 Å². The topological polar surface area (TPSA) is 38.7 Å². The summed E-state index contributed by atoms with van der Waals surface area (Å²) >= 11 is 0. The van der Waals surface area contributed by atoms with Gasteiger partial charge in [-0.3, -0.25) is 9.79 Å². The molecule has 0 aromatic heterocycles. The minimum Gasteiger partial charge on any atom is -0.465 e. The fourth-order valence-electron chi connectivity index (χ4n) is 1.42. The Morgan fingerprint density at radius 2 is 2.23 bits per heavy atom. The fourth-order valence-corrected chi connectivity index (χ4v) is 1.42. The Balaban J connectivity index is 2.90. The van der Waals surface area contributed by atoms with Crippen molar-refractivity contribution in [3.05, 3.63) is 11.8 Å². The van der Waals surface area contributed by atoms with Crippen LogP contribution in [0.3, 0.4) is 0 Å². The molecule has 0 amide bonds. The SMILES string of the molecule is CCOC(=O)C1(C)C=C(C)N=C1C. The molecular weight excluding hydrogens is 166 g/mol. The van der Waals surface area contributed by atoms with Crippen molar-refractivity contribution in [2.45, 2.75) is 27.7 Å². The summed E-state index contributed by atoms with van der Waals surface area (Å²) in [5, 5.41) is 0. The average Bonchev–Trinajstić information content (AvgIpc) is 2.28. The van der Waals surface area contributed by atoms with Crippen molar-refractivity contribution < 1.29 is 9.53 Å². The van der Waals surface area contributed by atoms with Gasteiger partial charge in [0.2, 0.25) is 0 Å². The van der Waals surface area contributed by atoms with E-state index in [1.165, 1.54) is 0 Å². The van der Waals surface area contributed by atoms with Gasteiger partial charge in [-0.2, -0.15) is 0 Å². The highest BCUT2D eigenvalue weighted by atomic mass is 16.5. The summed E-state index contributed by atoms with van der Waals surface area (Å²) in [4.78, 5) is 15.8. The van der Waals surface area contributed by atoms with Gasteiger partial charge in [-0.1, -0.05) is 0 Å². The van der Waals surface area contributed by atoms with Crippen LogP contribution in [0.2, 0.25) is 0 Å². The number of aliphatic imine (C=N–C) groups is 1. The molecule has 1 aliphatic rings. The van der Waals surface area contributed by atoms with Gasteiger partial charge in [0.25, 0.3) is 0 Å². The van der Waals surface area contributed by atoms with E-state index in [1.807, 2.05) is 26.8 Å². The quantitative estimate of drug-likeness (QED) is 0.610. The van der Waals surface area contributed by atoms with Crippen LogP contribution in [0.5, 0.6) is 0 Å². The maximum Gasteiger partial charge on any atom is 0.321 e. The molecule has 1 aliphatic heterocycles. The van der Waals surface area contributed by atoms with Crippen molar-refractivity contribution >= 4 is 11.7 Å². The molecule has 1 unspecified atom stereocenters. The number of hydrogen-bond donors (Lipinski definition) is 0. The lowest BCUT2D eigenvalue weighted by atomic mass is 9.87. The van der Waals surface area contributed by atoms with Crippen molar-refractivity contribution in [2.75, 3.05) is 6.61 Å². The molecule has 72 valence electrons. The van der Waals surface area contributed by atoms with Gasteiger partial charge in [0.1, 0.15) is 5.41 Å². The predicted octanol–water partition coefficient (Wildman–Crippen LogP) is 1.93. The van der Waals surface area contributed by atoms with Crippen LogP contribution in [0, 0.1) is 5.41 Å². The maximum absolute atomic E-state index is 11.6. The number of rotatable bonds is 2. The van der Waals surface area contributed by atoms with Gasteiger partial charge in [0, 0.05) is 11.4 Å². The molecule has 0 aromatic carbocycles. The zero-order chi connectivity index (χ0) is 10.1. The van der Waals surface area contributed by atoms with E-state index < -0.39 is 5.41 Å². The average molecular weight is 181 g/mol. The second-order valence-corrected chi connectivity index (χ2v) is 3.41. The summed E-state index contributed by atoms with van der Waals surface area (Å²) < 4.78 is 4.98. The van der Waals surface area contributed by atoms with Crippen molar-refractivity contribution in [3.63, 3.8) is 0 Å². The van der Waals surface area contributed by atoms with Gasteiger partial charge < -0.3 is 4.74 Å². The monoisotopic (exact) mass is 181 g/mol. The standard InChI is InChI=1S/C10H15NO2/c1-5-13-9(12)10(4)6-7(2)11-8(10)3/h6H,5H2,1-4H3. The van der Waals surface area contributed by atoms with Crippen LogP contribution < -0.4 is 0 Å². The molecule has 0 fully saturated rings. The van der Waals surface area contributed by atoms with Gasteiger partial charge in [-0.05, 0) is 33.8 Å². The van der Waals surface area contributed by atoms with E-state index in [1.54, 1.807) is 6.92 Å². The van der Waals surface area contributed by atoms with E-state index >= 15 is 0 Å².